The molecule has 1 aromatic carbocycles. The normalized spacial score (nSPS) is 19.9. The molecule has 2 aromatic heterocycles. The van der Waals surface area contributed by atoms with Gasteiger partial charge in [-0.2, -0.15) is 4.98 Å². The van der Waals surface area contributed by atoms with Gasteiger partial charge in [0.2, 0.25) is 5.95 Å². The van der Waals surface area contributed by atoms with Crippen LogP contribution in [0.4, 0.5) is 22.4 Å². The molecule has 3 aromatic rings. The lowest BCUT2D eigenvalue weighted by atomic mass is 9.79. The van der Waals surface area contributed by atoms with E-state index in [1.54, 1.807) is 17.3 Å². The summed E-state index contributed by atoms with van der Waals surface area (Å²) in [6.07, 6.45) is 3.96. The molecule has 0 radical (unpaired) electrons. The maximum atomic E-state index is 11.8. The molecule has 2 unspecified atom stereocenters. The zero-order valence-corrected chi connectivity index (χ0v) is 20.8. The average molecular weight is 490 g/mol. The summed E-state index contributed by atoms with van der Waals surface area (Å²) in [7, 11) is 0. The summed E-state index contributed by atoms with van der Waals surface area (Å²) < 4.78 is 5.81. The first kappa shape index (κ1) is 23.8. The first-order chi connectivity index (χ1) is 17.3. The first-order valence-corrected chi connectivity index (χ1v) is 12.2. The van der Waals surface area contributed by atoms with Crippen LogP contribution in [0.3, 0.4) is 0 Å². The second-order valence-corrected chi connectivity index (χ2v) is 10.2. The lowest BCUT2D eigenvalue weighted by Gasteiger charge is -2.44. The highest BCUT2D eigenvalue weighted by molar-refractivity contribution is 5.68. The zero-order valence-electron chi connectivity index (χ0n) is 20.8. The molecule has 0 aliphatic carbocycles. The number of carboxylic acid groups (broad SMARTS) is 1. The van der Waals surface area contributed by atoms with E-state index in [1.807, 2.05) is 41.3 Å². The van der Waals surface area contributed by atoms with Gasteiger partial charge >= 0.3 is 6.09 Å². The number of hydrogen-bond donors (Lipinski definition) is 2. The minimum absolute atomic E-state index is 0.0732. The molecule has 36 heavy (non-hydrogen) atoms. The Morgan fingerprint density at radius 2 is 1.92 bits per heavy atom. The summed E-state index contributed by atoms with van der Waals surface area (Å²) in [5, 5.41) is 13.1. The maximum absolute atomic E-state index is 11.8. The standard InChI is InChI=1S/C26H31N7O3/c1-26(2,3)20-15-18(10-12-32(20)25(34)35)29-24-27-11-9-21(30-24)33-13-14-36-19-16-28-22(31-23(19)33)17-7-5-4-6-8-17/h4-9,11,16,18,20H,10,12-15H2,1-3H3,(H,34,35)(H,27,29,30). The smallest absolute Gasteiger partial charge is 0.407 e. The predicted octanol–water partition coefficient (Wildman–Crippen LogP) is 4.43. The number of rotatable bonds is 4. The number of carbonyl (C=O) groups is 1. The Kier molecular flexibility index (Phi) is 6.34. The minimum atomic E-state index is -0.866. The summed E-state index contributed by atoms with van der Waals surface area (Å²) >= 11 is 0. The summed E-state index contributed by atoms with van der Waals surface area (Å²) in [4.78, 5) is 33.9. The number of anilines is 3. The van der Waals surface area contributed by atoms with E-state index in [0.29, 0.717) is 61.7 Å². The highest BCUT2D eigenvalue weighted by Crippen LogP contribution is 2.36. The topological polar surface area (TPSA) is 117 Å². The Hall–Kier alpha value is -3.95. The molecule has 0 bridgehead atoms. The van der Waals surface area contributed by atoms with Gasteiger partial charge < -0.3 is 25.0 Å². The fourth-order valence-electron chi connectivity index (χ4n) is 4.86. The lowest BCUT2D eigenvalue weighted by Crippen LogP contribution is -2.54. The third-order valence-electron chi connectivity index (χ3n) is 6.69. The van der Waals surface area contributed by atoms with E-state index in [9.17, 15) is 9.90 Å². The summed E-state index contributed by atoms with van der Waals surface area (Å²) in [6.45, 7) is 7.80. The molecule has 0 saturated carbocycles. The predicted molar refractivity (Wildman–Crippen MR) is 137 cm³/mol. The number of hydrogen-bond acceptors (Lipinski definition) is 8. The summed E-state index contributed by atoms with van der Waals surface area (Å²) in [5.41, 5.74) is 0.756. The molecule has 2 atom stereocenters. The van der Waals surface area contributed by atoms with Crippen molar-refractivity contribution in [2.45, 2.75) is 45.7 Å². The van der Waals surface area contributed by atoms with Crippen LogP contribution in [0.2, 0.25) is 0 Å². The van der Waals surface area contributed by atoms with Crippen molar-refractivity contribution in [3.63, 3.8) is 0 Å². The number of likely N-dealkylation sites (tertiary alicyclic amines) is 1. The molecule has 2 N–H and O–H groups in total. The third-order valence-corrected chi connectivity index (χ3v) is 6.69. The van der Waals surface area contributed by atoms with Gasteiger partial charge in [-0.05, 0) is 24.3 Å². The number of amides is 1. The highest BCUT2D eigenvalue weighted by Gasteiger charge is 2.39. The van der Waals surface area contributed by atoms with E-state index in [-0.39, 0.29) is 17.5 Å². The molecule has 10 heteroatoms. The number of benzene rings is 1. The zero-order chi connectivity index (χ0) is 25.3. The van der Waals surface area contributed by atoms with Gasteiger partial charge in [0.1, 0.15) is 12.4 Å². The van der Waals surface area contributed by atoms with E-state index in [4.69, 9.17) is 14.7 Å². The Morgan fingerprint density at radius 3 is 2.67 bits per heavy atom. The fraction of sp³-hybridized carbons (Fsp3) is 0.423. The third kappa shape index (κ3) is 4.89. The van der Waals surface area contributed by atoms with Crippen LogP contribution in [-0.2, 0) is 0 Å². The van der Waals surface area contributed by atoms with Crippen LogP contribution in [0.5, 0.6) is 5.75 Å². The van der Waals surface area contributed by atoms with Gasteiger partial charge in [0.15, 0.2) is 17.4 Å². The fourth-order valence-corrected chi connectivity index (χ4v) is 4.86. The average Bonchev–Trinajstić information content (AvgIpc) is 2.88. The number of fused-ring (bicyclic) bond motifs is 1. The molecule has 188 valence electrons. The molecule has 2 aliphatic rings. The Bertz CT molecular complexity index is 1230. The number of aromatic nitrogens is 4. The van der Waals surface area contributed by atoms with Crippen molar-refractivity contribution < 1.29 is 14.6 Å². The Labute approximate surface area is 210 Å². The van der Waals surface area contributed by atoms with E-state index < -0.39 is 6.09 Å². The number of nitrogens with one attached hydrogen (secondary N) is 1. The van der Waals surface area contributed by atoms with Gasteiger partial charge in [-0.15, -0.1) is 0 Å². The Balaban J connectivity index is 1.37. The van der Waals surface area contributed by atoms with E-state index >= 15 is 0 Å². The second kappa shape index (κ2) is 9.60. The molecule has 4 heterocycles. The maximum Gasteiger partial charge on any atom is 0.407 e. The van der Waals surface area contributed by atoms with Crippen LogP contribution < -0.4 is 15.0 Å². The monoisotopic (exact) mass is 489 g/mol. The van der Waals surface area contributed by atoms with Crippen LogP contribution in [0.1, 0.15) is 33.6 Å². The van der Waals surface area contributed by atoms with Gasteiger partial charge in [0, 0.05) is 30.4 Å². The molecule has 0 spiro atoms. The minimum Gasteiger partial charge on any atom is -0.486 e. The van der Waals surface area contributed by atoms with Gasteiger partial charge in [-0.25, -0.2) is 19.7 Å². The molecule has 2 aliphatic heterocycles. The molecule has 1 amide bonds. The van der Waals surface area contributed by atoms with Gasteiger partial charge in [-0.3, -0.25) is 0 Å². The van der Waals surface area contributed by atoms with Gasteiger partial charge in [0.05, 0.1) is 12.7 Å². The van der Waals surface area contributed by atoms with Gasteiger partial charge in [0.25, 0.3) is 0 Å². The SMILES string of the molecule is CC(C)(C)C1CC(Nc2nccc(N3CCOc4cnc(-c5ccccc5)nc43)n2)CCN1C(=O)O. The van der Waals surface area contributed by atoms with Crippen molar-refractivity contribution in [3.8, 4) is 17.1 Å². The highest BCUT2D eigenvalue weighted by atomic mass is 16.5. The number of ether oxygens (including phenoxy) is 1. The molecular weight excluding hydrogens is 458 g/mol. The lowest BCUT2D eigenvalue weighted by molar-refractivity contribution is 0.0557. The van der Waals surface area contributed by atoms with Gasteiger partial charge in [-0.1, -0.05) is 51.1 Å². The Morgan fingerprint density at radius 1 is 1.11 bits per heavy atom. The molecule has 10 nitrogen and oxygen atoms in total. The first-order valence-electron chi connectivity index (χ1n) is 12.2. The van der Waals surface area contributed by atoms with Crippen molar-refractivity contribution >= 4 is 23.7 Å². The van der Waals surface area contributed by atoms with E-state index in [0.717, 1.165) is 5.56 Å². The summed E-state index contributed by atoms with van der Waals surface area (Å²) in [5.74, 6) is 3.13. The van der Waals surface area contributed by atoms with Crippen molar-refractivity contribution in [2.75, 3.05) is 29.9 Å². The van der Waals surface area contributed by atoms with Crippen molar-refractivity contribution in [1.82, 2.24) is 24.8 Å². The second-order valence-electron chi connectivity index (χ2n) is 10.2. The van der Waals surface area contributed by atoms with Crippen molar-refractivity contribution in [1.29, 1.82) is 0 Å². The summed E-state index contributed by atoms with van der Waals surface area (Å²) in [6, 6.07) is 11.7. The van der Waals surface area contributed by atoms with Crippen molar-refractivity contribution in [2.24, 2.45) is 5.41 Å². The molecule has 5 rings (SSSR count). The van der Waals surface area contributed by atoms with Crippen LogP contribution >= 0.6 is 0 Å². The van der Waals surface area contributed by atoms with E-state index in [2.05, 4.69) is 36.1 Å². The molecule has 1 fully saturated rings. The quantitative estimate of drug-likeness (QED) is 0.549. The van der Waals surface area contributed by atoms with Crippen molar-refractivity contribution in [3.05, 3.63) is 48.8 Å². The van der Waals surface area contributed by atoms with Crippen LogP contribution in [0.15, 0.2) is 48.8 Å². The van der Waals surface area contributed by atoms with Crippen LogP contribution in [0, 0.1) is 5.41 Å². The van der Waals surface area contributed by atoms with Crippen LogP contribution in [0.25, 0.3) is 11.4 Å². The largest absolute Gasteiger partial charge is 0.486 e. The molecule has 1 saturated heterocycles. The van der Waals surface area contributed by atoms with Crippen LogP contribution in [-0.4, -0.2) is 67.8 Å². The number of nitrogens with zero attached hydrogens (tertiary/aromatic N) is 6. The molecular formula is C26H31N7O3. The van der Waals surface area contributed by atoms with E-state index in [1.165, 1.54) is 0 Å². The number of piperidine rings is 1.